The maximum Gasteiger partial charge on any atom is 1.00 e. The summed E-state index contributed by atoms with van der Waals surface area (Å²) < 4.78 is 66.4. The van der Waals surface area contributed by atoms with E-state index in [4.69, 9.17) is 0 Å². The van der Waals surface area contributed by atoms with Crippen molar-refractivity contribution in [1.29, 1.82) is 0 Å². The minimum absolute atomic E-state index is 0. The first kappa shape index (κ1) is 30.7. The molecule has 4 aromatic rings. The van der Waals surface area contributed by atoms with E-state index in [9.17, 15) is 25.9 Å². The summed E-state index contributed by atoms with van der Waals surface area (Å²) in [5, 5.41) is 0. The van der Waals surface area contributed by atoms with Gasteiger partial charge >= 0.3 is 59.1 Å². The fourth-order valence-corrected chi connectivity index (χ4v) is 4.48. The number of hydrogen-bond donors (Lipinski definition) is 0. The molecule has 0 aliphatic heterocycles. The van der Waals surface area contributed by atoms with Gasteiger partial charge in [-0.15, -0.1) is 0 Å². The summed E-state index contributed by atoms with van der Waals surface area (Å²) in [5.74, 6) is 0. The molecule has 4 rings (SSSR count). The molecule has 0 saturated heterocycles. The third-order valence-corrected chi connectivity index (χ3v) is 6.27. The first-order chi connectivity index (χ1) is 15.2. The minimum atomic E-state index is -4.43. The van der Waals surface area contributed by atoms with E-state index < -0.39 is 20.2 Å². The van der Waals surface area contributed by atoms with E-state index in [0.29, 0.717) is 11.1 Å². The zero-order chi connectivity index (χ0) is 23.2. The topological polar surface area (TPSA) is 114 Å². The number of rotatable bonds is 4. The number of benzene rings is 4. The third-order valence-electron chi connectivity index (χ3n) is 4.48. The first-order valence-electron chi connectivity index (χ1n) is 9.38. The molecule has 4 aromatic carbocycles. The van der Waals surface area contributed by atoms with Crippen molar-refractivity contribution in [2.75, 3.05) is 0 Å². The molecule has 0 aliphatic carbocycles. The van der Waals surface area contributed by atoms with Crippen LogP contribution in [-0.2, 0) is 20.2 Å². The van der Waals surface area contributed by atoms with Crippen LogP contribution in [0.4, 0.5) is 0 Å². The molecule has 0 spiro atoms. The van der Waals surface area contributed by atoms with Crippen LogP contribution < -0.4 is 59.1 Å². The van der Waals surface area contributed by atoms with Crippen LogP contribution in [0, 0.1) is 0 Å². The predicted molar refractivity (Wildman–Crippen MR) is 120 cm³/mol. The van der Waals surface area contributed by atoms with E-state index >= 15 is 0 Å². The molecule has 0 aromatic heterocycles. The molecule has 0 saturated carbocycles. The van der Waals surface area contributed by atoms with E-state index in [1.807, 2.05) is 12.1 Å². The molecule has 0 atom stereocenters. The van der Waals surface area contributed by atoms with E-state index in [1.165, 1.54) is 24.3 Å². The second-order valence-corrected chi connectivity index (χ2v) is 9.33. The summed E-state index contributed by atoms with van der Waals surface area (Å²) >= 11 is 0. The van der Waals surface area contributed by atoms with Gasteiger partial charge in [-0.05, 0) is 34.4 Å². The van der Waals surface area contributed by atoms with Gasteiger partial charge in [-0.25, -0.2) is 16.8 Å². The summed E-state index contributed by atoms with van der Waals surface area (Å²) in [6.07, 6.45) is 0. The molecule has 0 unspecified atom stereocenters. The average molecular weight is 513 g/mol. The van der Waals surface area contributed by atoms with Crippen LogP contribution in [0.3, 0.4) is 0 Å². The van der Waals surface area contributed by atoms with Crippen LogP contribution in [0.25, 0.3) is 22.3 Å². The Bertz CT molecular complexity index is 1300. The van der Waals surface area contributed by atoms with Gasteiger partial charge in [0.25, 0.3) is 0 Å². The Morgan fingerprint density at radius 2 is 0.676 bits per heavy atom. The molecule has 0 heterocycles. The summed E-state index contributed by atoms with van der Waals surface area (Å²) in [7, 11) is -8.86. The first-order valence-corrected chi connectivity index (χ1v) is 12.2. The van der Waals surface area contributed by atoms with Crippen LogP contribution in [0.1, 0.15) is 0 Å². The average Bonchev–Trinajstić information content (AvgIpc) is 2.80. The van der Waals surface area contributed by atoms with E-state index in [-0.39, 0.29) is 68.9 Å². The maximum atomic E-state index is 11.1. The van der Waals surface area contributed by atoms with Crippen LogP contribution >= 0.6 is 0 Å². The van der Waals surface area contributed by atoms with Crippen LogP contribution in [-0.4, -0.2) is 25.9 Å². The Morgan fingerprint density at radius 1 is 0.412 bits per heavy atom. The number of hydrogen-bond acceptors (Lipinski definition) is 6. The smallest absolute Gasteiger partial charge is 0.744 e. The molecular formula is C24H18Na2O6S2. The summed E-state index contributed by atoms with van der Waals surface area (Å²) in [6, 6.07) is 30.3. The van der Waals surface area contributed by atoms with E-state index in [1.54, 1.807) is 72.8 Å². The summed E-state index contributed by atoms with van der Waals surface area (Å²) in [5.41, 5.74) is 2.33. The quantitative estimate of drug-likeness (QED) is 0.244. The van der Waals surface area contributed by atoms with Crippen molar-refractivity contribution in [3.8, 4) is 22.3 Å². The SMILES string of the molecule is O=S(=O)([O-])c1ccccc1-c1ccccc1.O=S(=O)([O-])c1ccccc1-c1ccccc1.[Na+].[Na+]. The Kier molecular flexibility index (Phi) is 12.4. The van der Waals surface area contributed by atoms with Crippen molar-refractivity contribution < 1.29 is 85.1 Å². The second-order valence-electron chi connectivity index (χ2n) is 6.63. The fourth-order valence-electron chi connectivity index (χ4n) is 3.08. The third kappa shape index (κ3) is 8.42. The Labute approximate surface area is 244 Å². The van der Waals surface area contributed by atoms with Gasteiger partial charge in [0.05, 0.1) is 9.79 Å². The van der Waals surface area contributed by atoms with Crippen LogP contribution in [0.15, 0.2) is 119 Å². The standard InChI is InChI=1S/2C12H10O3S.2Na/c2*13-16(14,15)12-9-5-4-8-11(12)10-6-2-1-3-7-10;;/h2*1-9H,(H,13,14,15);;/q;;2*+1/p-2. The monoisotopic (exact) mass is 512 g/mol. The minimum Gasteiger partial charge on any atom is -0.744 e. The van der Waals surface area contributed by atoms with E-state index in [2.05, 4.69) is 0 Å². The van der Waals surface area contributed by atoms with Crippen molar-refractivity contribution in [2.24, 2.45) is 0 Å². The molecule has 0 bridgehead atoms. The van der Waals surface area contributed by atoms with E-state index in [0.717, 1.165) is 11.1 Å². The predicted octanol–water partition coefficient (Wildman–Crippen LogP) is -1.48. The molecule has 164 valence electrons. The zero-order valence-corrected chi connectivity index (χ0v) is 24.3. The van der Waals surface area contributed by atoms with Gasteiger partial charge in [0.1, 0.15) is 20.2 Å². The van der Waals surface area contributed by atoms with Crippen LogP contribution in [0.2, 0.25) is 0 Å². The van der Waals surface area contributed by atoms with Crippen molar-refractivity contribution in [3.05, 3.63) is 109 Å². The van der Waals surface area contributed by atoms with Crippen molar-refractivity contribution in [1.82, 2.24) is 0 Å². The molecular weight excluding hydrogens is 494 g/mol. The largest absolute Gasteiger partial charge is 1.00 e. The molecule has 10 heteroatoms. The van der Waals surface area contributed by atoms with Gasteiger partial charge in [-0.1, -0.05) is 97.1 Å². The van der Waals surface area contributed by atoms with Gasteiger partial charge in [0.15, 0.2) is 0 Å². The Balaban J connectivity index is 0.000000321. The van der Waals surface area contributed by atoms with Crippen molar-refractivity contribution >= 4 is 20.2 Å². The van der Waals surface area contributed by atoms with Gasteiger partial charge in [0, 0.05) is 0 Å². The molecule has 0 N–H and O–H groups in total. The molecule has 6 nitrogen and oxygen atoms in total. The van der Waals surface area contributed by atoms with Crippen LogP contribution in [0.5, 0.6) is 0 Å². The molecule has 0 amide bonds. The van der Waals surface area contributed by atoms with Crippen molar-refractivity contribution in [3.63, 3.8) is 0 Å². The van der Waals surface area contributed by atoms with Gasteiger partial charge < -0.3 is 9.11 Å². The van der Waals surface area contributed by atoms with Gasteiger partial charge in [-0.3, -0.25) is 0 Å². The normalized spacial score (nSPS) is 10.6. The second kappa shape index (κ2) is 13.7. The molecule has 34 heavy (non-hydrogen) atoms. The Morgan fingerprint density at radius 3 is 0.971 bits per heavy atom. The Hall–Kier alpha value is -1.30. The maximum absolute atomic E-state index is 11.1. The molecule has 0 aliphatic rings. The van der Waals surface area contributed by atoms with Gasteiger partial charge in [-0.2, -0.15) is 0 Å². The van der Waals surface area contributed by atoms with Gasteiger partial charge in [0.2, 0.25) is 0 Å². The molecule has 0 fully saturated rings. The summed E-state index contributed by atoms with van der Waals surface area (Å²) in [6.45, 7) is 0. The summed E-state index contributed by atoms with van der Waals surface area (Å²) in [4.78, 5) is -0.359. The van der Waals surface area contributed by atoms with Crippen molar-refractivity contribution in [2.45, 2.75) is 9.79 Å². The molecule has 0 radical (unpaired) electrons. The fraction of sp³-hybridized carbons (Fsp3) is 0. The zero-order valence-electron chi connectivity index (χ0n) is 18.7.